The molecule has 8 heteroatoms. The Morgan fingerprint density at radius 3 is 2.03 bits per heavy atom. The number of ether oxygens (including phenoxy) is 2. The Labute approximate surface area is 172 Å². The van der Waals surface area contributed by atoms with Gasteiger partial charge in [-0.15, -0.1) is 0 Å². The van der Waals surface area contributed by atoms with Crippen LogP contribution in [-0.2, 0) is 16.1 Å². The van der Waals surface area contributed by atoms with Gasteiger partial charge in [0.2, 0.25) is 0 Å². The van der Waals surface area contributed by atoms with Gasteiger partial charge >= 0.3 is 11.9 Å². The molecule has 2 heterocycles. The molecule has 0 saturated carbocycles. The first-order chi connectivity index (χ1) is 13.9. The van der Waals surface area contributed by atoms with E-state index >= 15 is 0 Å². The summed E-state index contributed by atoms with van der Waals surface area (Å²) in [6.07, 6.45) is 6.84. The summed E-state index contributed by atoms with van der Waals surface area (Å²) in [5.74, 6) is -2.02. The van der Waals surface area contributed by atoms with Gasteiger partial charge in [0.1, 0.15) is 0 Å². The first kappa shape index (κ1) is 23.0. The number of carboxylic acid groups (broad SMARTS) is 2. The molecule has 2 saturated heterocycles. The molecule has 0 atom stereocenters. The summed E-state index contributed by atoms with van der Waals surface area (Å²) < 4.78 is 10.7. The van der Waals surface area contributed by atoms with Crippen LogP contribution in [0.3, 0.4) is 0 Å². The average Bonchev–Trinajstić information content (AvgIpc) is 2.75. The molecule has 29 heavy (non-hydrogen) atoms. The Kier molecular flexibility index (Phi) is 9.21. The van der Waals surface area contributed by atoms with Crippen LogP contribution in [0.1, 0.15) is 37.7 Å². The minimum atomic E-state index is -1.82. The third-order valence-corrected chi connectivity index (χ3v) is 5.50. The van der Waals surface area contributed by atoms with Crippen molar-refractivity contribution in [3.63, 3.8) is 0 Å². The van der Waals surface area contributed by atoms with Gasteiger partial charge in [-0.05, 0) is 69.6 Å². The van der Waals surface area contributed by atoms with E-state index in [0.717, 1.165) is 24.1 Å². The fourth-order valence-corrected chi connectivity index (χ4v) is 3.96. The summed E-state index contributed by atoms with van der Waals surface area (Å²) in [6.45, 7) is 6.05. The lowest BCUT2D eigenvalue weighted by Crippen LogP contribution is -2.46. The van der Waals surface area contributed by atoms with E-state index in [-0.39, 0.29) is 0 Å². The van der Waals surface area contributed by atoms with Gasteiger partial charge in [-0.25, -0.2) is 9.59 Å². The highest BCUT2D eigenvalue weighted by atomic mass is 16.5. The van der Waals surface area contributed by atoms with Crippen molar-refractivity contribution in [2.24, 2.45) is 0 Å². The summed E-state index contributed by atoms with van der Waals surface area (Å²) in [7, 11) is 3.38. The molecule has 162 valence electrons. The molecular weight excluding hydrogens is 376 g/mol. The van der Waals surface area contributed by atoms with E-state index in [1.165, 1.54) is 63.8 Å². The van der Waals surface area contributed by atoms with Crippen LogP contribution in [-0.4, -0.2) is 78.4 Å². The molecule has 1 aromatic carbocycles. The molecule has 1 aromatic rings. The van der Waals surface area contributed by atoms with E-state index in [9.17, 15) is 0 Å². The maximum absolute atomic E-state index is 9.10. The van der Waals surface area contributed by atoms with Crippen LogP contribution in [0, 0.1) is 0 Å². The molecule has 0 bridgehead atoms. The standard InChI is InChI=1S/C19H30N2O2.C2H2O4/c1-22-18-7-6-16(14-19(18)23-2)15-20-12-8-17(9-13-20)21-10-4-3-5-11-21;3-1(4)2(5)6/h6-7,14,17H,3-5,8-13,15H2,1-2H3;(H,3,4)(H,5,6). The van der Waals surface area contributed by atoms with Gasteiger partial charge in [0.15, 0.2) is 11.5 Å². The fourth-order valence-electron chi connectivity index (χ4n) is 3.96. The lowest BCUT2D eigenvalue weighted by Gasteiger charge is -2.40. The van der Waals surface area contributed by atoms with Crippen molar-refractivity contribution in [1.82, 2.24) is 9.80 Å². The molecule has 2 aliphatic rings. The lowest BCUT2D eigenvalue weighted by molar-refractivity contribution is -0.159. The van der Waals surface area contributed by atoms with Crippen molar-refractivity contribution >= 4 is 11.9 Å². The molecule has 0 amide bonds. The Morgan fingerprint density at radius 1 is 0.931 bits per heavy atom. The van der Waals surface area contributed by atoms with Gasteiger partial charge in [0.05, 0.1) is 14.2 Å². The van der Waals surface area contributed by atoms with Gasteiger partial charge < -0.3 is 24.6 Å². The monoisotopic (exact) mass is 408 g/mol. The maximum atomic E-state index is 9.10. The van der Waals surface area contributed by atoms with Crippen LogP contribution >= 0.6 is 0 Å². The summed E-state index contributed by atoms with van der Waals surface area (Å²) in [6, 6.07) is 7.08. The Bertz CT molecular complexity index is 655. The average molecular weight is 408 g/mol. The second-order valence-corrected chi connectivity index (χ2v) is 7.40. The summed E-state index contributed by atoms with van der Waals surface area (Å²) in [5.41, 5.74) is 1.30. The van der Waals surface area contributed by atoms with Gasteiger partial charge in [0.25, 0.3) is 0 Å². The van der Waals surface area contributed by atoms with Crippen molar-refractivity contribution in [2.75, 3.05) is 40.4 Å². The third-order valence-electron chi connectivity index (χ3n) is 5.50. The highest BCUT2D eigenvalue weighted by molar-refractivity contribution is 6.27. The van der Waals surface area contributed by atoms with Crippen molar-refractivity contribution in [2.45, 2.75) is 44.7 Å². The second kappa shape index (κ2) is 11.6. The van der Waals surface area contributed by atoms with Crippen LogP contribution in [0.2, 0.25) is 0 Å². The highest BCUT2D eigenvalue weighted by Gasteiger charge is 2.25. The predicted molar refractivity (Wildman–Crippen MR) is 109 cm³/mol. The SMILES string of the molecule is COc1ccc(CN2CCC(N3CCCCC3)CC2)cc1OC.O=C(O)C(=O)O. The summed E-state index contributed by atoms with van der Waals surface area (Å²) >= 11 is 0. The molecule has 0 unspecified atom stereocenters. The molecule has 2 N–H and O–H groups in total. The van der Waals surface area contributed by atoms with E-state index in [2.05, 4.69) is 21.9 Å². The number of nitrogens with zero attached hydrogens (tertiary/aromatic N) is 2. The normalized spacial score (nSPS) is 18.4. The van der Waals surface area contributed by atoms with Gasteiger partial charge in [-0.1, -0.05) is 12.5 Å². The number of rotatable bonds is 5. The Hall–Kier alpha value is -2.32. The molecule has 8 nitrogen and oxygen atoms in total. The summed E-state index contributed by atoms with van der Waals surface area (Å²) in [5, 5.41) is 14.8. The Balaban J connectivity index is 0.000000438. The first-order valence-electron chi connectivity index (χ1n) is 10.1. The zero-order chi connectivity index (χ0) is 21.2. The number of hydrogen-bond acceptors (Lipinski definition) is 6. The third kappa shape index (κ3) is 7.21. The topological polar surface area (TPSA) is 99.5 Å². The van der Waals surface area contributed by atoms with Gasteiger partial charge in [-0.2, -0.15) is 0 Å². The number of hydrogen-bond donors (Lipinski definition) is 2. The predicted octanol–water partition coefficient (Wildman–Crippen LogP) is 2.31. The van der Waals surface area contributed by atoms with Crippen LogP contribution in [0.15, 0.2) is 18.2 Å². The van der Waals surface area contributed by atoms with Crippen LogP contribution in [0.25, 0.3) is 0 Å². The molecule has 2 fully saturated rings. The number of benzene rings is 1. The zero-order valence-electron chi connectivity index (χ0n) is 17.3. The number of carbonyl (C=O) groups is 2. The van der Waals surface area contributed by atoms with E-state index in [1.807, 2.05) is 6.07 Å². The van der Waals surface area contributed by atoms with Gasteiger partial charge in [-0.3, -0.25) is 4.90 Å². The zero-order valence-corrected chi connectivity index (χ0v) is 17.3. The fraction of sp³-hybridized carbons (Fsp3) is 0.619. The van der Waals surface area contributed by atoms with E-state index in [0.29, 0.717) is 0 Å². The second-order valence-electron chi connectivity index (χ2n) is 7.40. The number of piperidine rings is 2. The van der Waals surface area contributed by atoms with Crippen LogP contribution < -0.4 is 9.47 Å². The molecule has 0 aliphatic carbocycles. The number of methoxy groups -OCH3 is 2. The summed E-state index contributed by atoms with van der Waals surface area (Å²) in [4.78, 5) is 23.5. The molecule has 2 aliphatic heterocycles. The van der Waals surface area contributed by atoms with Crippen molar-refractivity contribution in [3.8, 4) is 11.5 Å². The first-order valence-corrected chi connectivity index (χ1v) is 10.1. The van der Waals surface area contributed by atoms with E-state index in [4.69, 9.17) is 29.3 Å². The van der Waals surface area contributed by atoms with E-state index in [1.54, 1.807) is 14.2 Å². The quantitative estimate of drug-likeness (QED) is 0.716. The smallest absolute Gasteiger partial charge is 0.414 e. The molecule has 0 aromatic heterocycles. The lowest BCUT2D eigenvalue weighted by atomic mass is 9.99. The molecular formula is C21H32N2O6. The molecule has 0 spiro atoms. The molecule has 0 radical (unpaired) electrons. The van der Waals surface area contributed by atoms with Crippen LogP contribution in [0.5, 0.6) is 11.5 Å². The van der Waals surface area contributed by atoms with Gasteiger partial charge in [0, 0.05) is 12.6 Å². The van der Waals surface area contributed by atoms with E-state index < -0.39 is 11.9 Å². The minimum absolute atomic E-state index is 0.806. The van der Waals surface area contributed by atoms with Crippen molar-refractivity contribution in [1.29, 1.82) is 0 Å². The maximum Gasteiger partial charge on any atom is 0.414 e. The van der Waals surface area contributed by atoms with Crippen LogP contribution in [0.4, 0.5) is 0 Å². The Morgan fingerprint density at radius 2 is 1.52 bits per heavy atom. The largest absolute Gasteiger partial charge is 0.493 e. The number of likely N-dealkylation sites (tertiary alicyclic amines) is 2. The minimum Gasteiger partial charge on any atom is -0.493 e. The molecule has 3 rings (SSSR count). The number of aliphatic carboxylic acids is 2. The van der Waals surface area contributed by atoms with Crippen molar-refractivity contribution < 1.29 is 29.3 Å². The van der Waals surface area contributed by atoms with Crippen molar-refractivity contribution in [3.05, 3.63) is 23.8 Å². The highest BCUT2D eigenvalue weighted by Crippen LogP contribution is 2.29. The number of carboxylic acids is 2.